The molecular weight excluding hydrogens is 1100 g/mol. The van der Waals surface area contributed by atoms with Gasteiger partial charge in [-0.1, -0.05) is 341 Å². The molecule has 0 bridgehead atoms. The van der Waals surface area contributed by atoms with Gasteiger partial charge in [0.2, 0.25) is 5.91 Å². The van der Waals surface area contributed by atoms with Gasteiger partial charge in [-0.25, -0.2) is 0 Å². The molecule has 12 unspecified atom stereocenters. The van der Waals surface area contributed by atoms with Gasteiger partial charge in [0.05, 0.1) is 32.0 Å². The number of nitrogens with one attached hydrogen (secondary N) is 1. The second-order valence-corrected chi connectivity index (χ2v) is 26.8. The molecule has 0 aromatic rings. The molecule has 0 radical (unpaired) electrons. The van der Waals surface area contributed by atoms with E-state index in [1.807, 2.05) is 6.08 Å². The van der Waals surface area contributed by atoms with Gasteiger partial charge in [-0.15, -0.1) is 0 Å². The van der Waals surface area contributed by atoms with Crippen molar-refractivity contribution in [3.05, 3.63) is 12.2 Å². The number of amides is 1. The summed E-state index contributed by atoms with van der Waals surface area (Å²) in [4.78, 5) is 13.3. The Bertz CT molecular complexity index is 1510. The first-order valence-electron chi connectivity index (χ1n) is 37.4. The van der Waals surface area contributed by atoms with Gasteiger partial charge in [-0.05, 0) is 19.3 Å². The first-order valence-corrected chi connectivity index (χ1v) is 37.4. The molecule has 2 fully saturated rings. The lowest BCUT2D eigenvalue weighted by Gasteiger charge is -2.46. The van der Waals surface area contributed by atoms with Crippen LogP contribution in [0.3, 0.4) is 0 Å². The van der Waals surface area contributed by atoms with Crippen molar-refractivity contribution in [2.75, 3.05) is 19.8 Å². The molecule has 12 atom stereocenters. The minimum atomic E-state index is -1.79. The third-order valence-corrected chi connectivity index (χ3v) is 18.7. The number of carbonyl (C=O) groups excluding carboxylic acids is 1. The molecule has 516 valence electrons. The van der Waals surface area contributed by atoms with Crippen molar-refractivity contribution in [3.63, 3.8) is 0 Å². The first-order chi connectivity index (χ1) is 42.6. The molecule has 87 heavy (non-hydrogen) atoms. The predicted octanol–water partition coefficient (Wildman–Crippen LogP) is 15.7. The summed E-state index contributed by atoms with van der Waals surface area (Å²) in [7, 11) is 0. The van der Waals surface area contributed by atoms with Gasteiger partial charge in [-0.3, -0.25) is 4.79 Å². The third kappa shape index (κ3) is 42.6. The minimum Gasteiger partial charge on any atom is -0.394 e. The van der Waals surface area contributed by atoms with Gasteiger partial charge in [0, 0.05) is 6.42 Å². The van der Waals surface area contributed by atoms with E-state index < -0.39 is 86.8 Å². The van der Waals surface area contributed by atoms with E-state index in [1.165, 1.54) is 289 Å². The summed E-state index contributed by atoms with van der Waals surface area (Å²) in [6.45, 7) is 2.86. The van der Waals surface area contributed by atoms with Crippen LogP contribution in [-0.4, -0.2) is 140 Å². The Morgan fingerprint density at radius 1 is 0.402 bits per heavy atom. The van der Waals surface area contributed by atoms with Gasteiger partial charge in [0.25, 0.3) is 0 Å². The second kappa shape index (κ2) is 58.5. The minimum absolute atomic E-state index is 0.230. The van der Waals surface area contributed by atoms with Crippen molar-refractivity contribution >= 4 is 5.91 Å². The maximum absolute atomic E-state index is 13.3. The Labute approximate surface area is 533 Å². The van der Waals surface area contributed by atoms with E-state index in [0.29, 0.717) is 0 Å². The van der Waals surface area contributed by atoms with Crippen molar-refractivity contribution in [2.45, 2.75) is 428 Å². The van der Waals surface area contributed by atoms with Crippen LogP contribution in [0, 0.1) is 0 Å². The Morgan fingerprint density at radius 2 is 0.713 bits per heavy atom. The maximum Gasteiger partial charge on any atom is 0.220 e. The number of rotatable bonds is 63. The van der Waals surface area contributed by atoms with Crippen LogP contribution in [0.15, 0.2) is 12.2 Å². The molecule has 1 amide bonds. The fourth-order valence-corrected chi connectivity index (χ4v) is 12.8. The van der Waals surface area contributed by atoms with Crippen LogP contribution in [-0.2, 0) is 23.7 Å². The average molecular weight is 1240 g/mol. The van der Waals surface area contributed by atoms with Crippen LogP contribution in [0.25, 0.3) is 0 Å². The molecule has 0 aliphatic carbocycles. The Kier molecular flexibility index (Phi) is 55.1. The van der Waals surface area contributed by atoms with Gasteiger partial charge >= 0.3 is 0 Å². The van der Waals surface area contributed by atoms with Gasteiger partial charge in [-0.2, -0.15) is 0 Å². The number of carbonyl (C=O) groups is 1. The molecule has 2 rings (SSSR count). The van der Waals surface area contributed by atoms with Gasteiger partial charge in [0.15, 0.2) is 12.6 Å². The lowest BCUT2D eigenvalue weighted by Crippen LogP contribution is -2.65. The summed E-state index contributed by atoms with van der Waals surface area (Å²) in [5, 5.41) is 87.4. The van der Waals surface area contributed by atoms with Crippen LogP contribution in [0.2, 0.25) is 0 Å². The lowest BCUT2D eigenvalue weighted by molar-refractivity contribution is -0.359. The molecule has 0 aromatic heterocycles. The number of unbranched alkanes of at least 4 members (excludes halogenated alkanes) is 50. The third-order valence-electron chi connectivity index (χ3n) is 18.7. The largest absolute Gasteiger partial charge is 0.394 e. The summed E-state index contributed by atoms with van der Waals surface area (Å²) in [5.74, 6) is -0.230. The standard InChI is InChI=1S/C73H141NO13/c1-3-5-7-9-11-13-15-17-19-21-23-24-25-26-27-28-29-30-31-32-33-34-35-36-37-38-39-41-43-45-47-49-51-53-55-57-65(78)74-61(62(77)56-54-52-50-48-46-44-42-40-22-20-18-16-14-12-10-8-6-4-2)60-84-72-70(83)68(81)71(64(59-76)86-72)87-73-69(82)67(80)66(79)63(58-75)85-73/h54,56,61-64,66-73,75-77,79-83H,3-53,55,57-60H2,1-2H3,(H,74,78)/b56-54+. The first kappa shape index (κ1) is 81.8. The molecule has 2 heterocycles. The zero-order chi connectivity index (χ0) is 63.1. The van der Waals surface area contributed by atoms with Crippen molar-refractivity contribution < 1.29 is 64.6 Å². The van der Waals surface area contributed by atoms with Crippen LogP contribution in [0.5, 0.6) is 0 Å². The molecule has 2 saturated heterocycles. The Hall–Kier alpha value is -1.27. The van der Waals surface area contributed by atoms with Crippen molar-refractivity contribution in [3.8, 4) is 0 Å². The number of aliphatic hydroxyl groups is 8. The van der Waals surface area contributed by atoms with E-state index in [-0.39, 0.29) is 18.9 Å². The summed E-state index contributed by atoms with van der Waals surface area (Å²) in [6, 6.07) is -0.911. The highest BCUT2D eigenvalue weighted by Gasteiger charge is 2.51. The van der Waals surface area contributed by atoms with E-state index in [2.05, 4.69) is 19.2 Å². The normalized spacial score (nSPS) is 23.2. The fourth-order valence-electron chi connectivity index (χ4n) is 12.8. The molecule has 2 aliphatic rings. The SMILES string of the molecule is CCCCCCCCCCCCCCCCCC/C=C/C(O)C(COC1OC(CO)C(OC2OC(CO)C(O)C(O)C2O)C(O)C1O)NC(=O)CCCCCCCCCCCCCCCCCCCCCCCCCCCCCCCCCCCCC. The van der Waals surface area contributed by atoms with E-state index in [9.17, 15) is 45.6 Å². The quantitative estimate of drug-likeness (QED) is 0.0204. The number of hydrogen-bond donors (Lipinski definition) is 9. The smallest absolute Gasteiger partial charge is 0.220 e. The predicted molar refractivity (Wildman–Crippen MR) is 355 cm³/mol. The van der Waals surface area contributed by atoms with Gasteiger partial charge < -0.3 is 65.1 Å². The maximum atomic E-state index is 13.3. The van der Waals surface area contributed by atoms with Crippen LogP contribution in [0.4, 0.5) is 0 Å². The van der Waals surface area contributed by atoms with Crippen LogP contribution < -0.4 is 5.32 Å². The average Bonchev–Trinajstić information content (AvgIpc) is 1.44. The van der Waals surface area contributed by atoms with Crippen LogP contribution >= 0.6 is 0 Å². The highest BCUT2D eigenvalue weighted by atomic mass is 16.7. The fraction of sp³-hybridized carbons (Fsp3) is 0.959. The molecule has 9 N–H and O–H groups in total. The number of hydrogen-bond acceptors (Lipinski definition) is 13. The summed E-state index contributed by atoms with van der Waals surface area (Å²) < 4.78 is 22.9. The summed E-state index contributed by atoms with van der Waals surface area (Å²) in [5.41, 5.74) is 0. The van der Waals surface area contributed by atoms with E-state index in [4.69, 9.17) is 18.9 Å². The highest BCUT2D eigenvalue weighted by molar-refractivity contribution is 5.76. The zero-order valence-corrected chi connectivity index (χ0v) is 56.3. The zero-order valence-electron chi connectivity index (χ0n) is 56.3. The van der Waals surface area contributed by atoms with E-state index in [1.54, 1.807) is 6.08 Å². The number of aliphatic hydroxyl groups excluding tert-OH is 8. The molecule has 14 nitrogen and oxygen atoms in total. The summed E-state index contributed by atoms with van der Waals surface area (Å²) >= 11 is 0. The molecule has 2 aliphatic heterocycles. The van der Waals surface area contributed by atoms with Crippen molar-refractivity contribution in [1.29, 1.82) is 0 Å². The molecule has 14 heteroatoms. The van der Waals surface area contributed by atoms with E-state index in [0.717, 1.165) is 44.9 Å². The summed E-state index contributed by atoms with van der Waals surface area (Å²) in [6.07, 6.45) is 55.8. The Morgan fingerprint density at radius 3 is 1.06 bits per heavy atom. The topological polar surface area (TPSA) is 228 Å². The molecular formula is C73H141NO13. The van der Waals surface area contributed by atoms with Crippen molar-refractivity contribution in [2.24, 2.45) is 0 Å². The number of allylic oxidation sites excluding steroid dienone is 1. The monoisotopic (exact) mass is 1240 g/mol. The second-order valence-electron chi connectivity index (χ2n) is 26.8. The molecule has 0 spiro atoms. The van der Waals surface area contributed by atoms with Crippen molar-refractivity contribution in [1.82, 2.24) is 5.32 Å². The van der Waals surface area contributed by atoms with Crippen LogP contribution in [0.1, 0.15) is 354 Å². The van der Waals surface area contributed by atoms with Gasteiger partial charge in [0.1, 0.15) is 48.8 Å². The van der Waals surface area contributed by atoms with E-state index >= 15 is 0 Å². The highest BCUT2D eigenvalue weighted by Crippen LogP contribution is 2.30. The lowest BCUT2D eigenvalue weighted by atomic mass is 9.97. The Balaban J connectivity index is 1.59. The number of ether oxygens (including phenoxy) is 4. The molecule has 0 saturated carbocycles. The molecule has 0 aromatic carbocycles.